The molecule has 1 amide bonds. The zero-order valence-electron chi connectivity index (χ0n) is 14.0. The number of nitrogens with one attached hydrogen (secondary N) is 1. The number of hydrogen-bond donors (Lipinski definition) is 2. The highest BCUT2D eigenvalue weighted by Gasteiger charge is 2.26. The van der Waals surface area contributed by atoms with E-state index < -0.39 is 5.54 Å². The summed E-state index contributed by atoms with van der Waals surface area (Å²) in [6.45, 7) is 8.56. The summed E-state index contributed by atoms with van der Waals surface area (Å²) in [4.78, 5) is 16.7. The van der Waals surface area contributed by atoms with Gasteiger partial charge in [-0.3, -0.25) is 4.79 Å². The van der Waals surface area contributed by atoms with Crippen LogP contribution in [0.5, 0.6) is 0 Å². The fourth-order valence-corrected chi connectivity index (χ4v) is 2.69. The van der Waals surface area contributed by atoms with E-state index in [1.807, 2.05) is 13.8 Å². The lowest BCUT2D eigenvalue weighted by molar-refractivity contribution is 0.0898. The summed E-state index contributed by atoms with van der Waals surface area (Å²) in [5, 5.41) is 7.77. The number of aryl methyl sites for hydroxylation is 1. The van der Waals surface area contributed by atoms with Crippen molar-refractivity contribution < 1.29 is 9.32 Å². The van der Waals surface area contributed by atoms with Crippen molar-refractivity contribution in [2.45, 2.75) is 46.1 Å². The van der Waals surface area contributed by atoms with Crippen molar-refractivity contribution in [2.24, 2.45) is 11.7 Å². The van der Waals surface area contributed by atoms with E-state index in [1.54, 1.807) is 6.07 Å². The Morgan fingerprint density at radius 3 is 2.74 bits per heavy atom. The molecule has 6 nitrogen and oxygen atoms in total. The van der Waals surface area contributed by atoms with E-state index in [4.69, 9.17) is 10.3 Å². The topological polar surface area (TPSA) is 94.0 Å². The van der Waals surface area contributed by atoms with Gasteiger partial charge < -0.3 is 15.6 Å². The first kappa shape index (κ1) is 19.4. The lowest BCUT2D eigenvalue weighted by atomic mass is 9.90. The highest BCUT2D eigenvalue weighted by molar-refractivity contribution is 5.97. The minimum absolute atomic E-state index is 0. The summed E-state index contributed by atoms with van der Waals surface area (Å²) >= 11 is 0. The SMILES string of the molecule is CCc1noc2ncc(C(=O)NC(C)(CN)CC(C)C)cc12.Cl. The van der Waals surface area contributed by atoms with Crippen LogP contribution >= 0.6 is 12.4 Å². The van der Waals surface area contributed by atoms with Crippen molar-refractivity contribution >= 4 is 29.4 Å². The van der Waals surface area contributed by atoms with Crippen LogP contribution < -0.4 is 11.1 Å². The summed E-state index contributed by atoms with van der Waals surface area (Å²) in [6, 6.07) is 1.78. The second kappa shape index (κ2) is 7.75. The number of pyridine rings is 1. The van der Waals surface area contributed by atoms with Gasteiger partial charge in [0.2, 0.25) is 0 Å². The molecule has 7 heteroatoms. The van der Waals surface area contributed by atoms with E-state index in [-0.39, 0.29) is 18.3 Å². The summed E-state index contributed by atoms with van der Waals surface area (Å²) in [5.41, 5.74) is 7.17. The molecule has 0 aliphatic rings. The van der Waals surface area contributed by atoms with Crippen LogP contribution in [0.15, 0.2) is 16.8 Å². The number of hydrogen-bond acceptors (Lipinski definition) is 5. The van der Waals surface area contributed by atoms with E-state index in [2.05, 4.69) is 29.3 Å². The predicted octanol–water partition coefficient (Wildman–Crippen LogP) is 2.70. The number of carbonyl (C=O) groups is 1. The average molecular weight is 341 g/mol. The molecule has 0 aliphatic heterocycles. The lowest BCUT2D eigenvalue weighted by Crippen LogP contribution is -2.52. The molecule has 2 heterocycles. The van der Waals surface area contributed by atoms with Gasteiger partial charge in [0, 0.05) is 18.3 Å². The predicted molar refractivity (Wildman–Crippen MR) is 92.8 cm³/mol. The molecular formula is C16H25ClN4O2. The Hall–Kier alpha value is -1.66. The molecule has 0 spiro atoms. The molecule has 0 fully saturated rings. The van der Waals surface area contributed by atoms with Crippen molar-refractivity contribution in [3.63, 3.8) is 0 Å². The van der Waals surface area contributed by atoms with Gasteiger partial charge >= 0.3 is 0 Å². The third-order valence-corrected chi connectivity index (χ3v) is 3.73. The van der Waals surface area contributed by atoms with Crippen LogP contribution in [0.3, 0.4) is 0 Å². The summed E-state index contributed by atoms with van der Waals surface area (Å²) in [5.74, 6) is 0.269. The Morgan fingerprint density at radius 2 is 2.17 bits per heavy atom. The minimum Gasteiger partial charge on any atom is -0.346 e. The monoisotopic (exact) mass is 340 g/mol. The maximum atomic E-state index is 12.5. The highest BCUT2D eigenvalue weighted by Crippen LogP contribution is 2.20. The third-order valence-electron chi connectivity index (χ3n) is 3.73. The third kappa shape index (κ3) is 4.42. The van der Waals surface area contributed by atoms with Gasteiger partial charge in [0.25, 0.3) is 11.6 Å². The number of rotatable bonds is 6. The van der Waals surface area contributed by atoms with Crippen LogP contribution in [0.2, 0.25) is 0 Å². The molecule has 1 atom stereocenters. The van der Waals surface area contributed by atoms with Gasteiger partial charge in [0.15, 0.2) is 0 Å². The number of halogens is 1. The van der Waals surface area contributed by atoms with Gasteiger partial charge in [0.1, 0.15) is 0 Å². The zero-order chi connectivity index (χ0) is 16.3. The highest BCUT2D eigenvalue weighted by atomic mass is 35.5. The van der Waals surface area contributed by atoms with Crippen LogP contribution in [0.4, 0.5) is 0 Å². The largest absolute Gasteiger partial charge is 0.346 e. The van der Waals surface area contributed by atoms with E-state index >= 15 is 0 Å². The van der Waals surface area contributed by atoms with Crippen LogP contribution in [-0.2, 0) is 6.42 Å². The van der Waals surface area contributed by atoms with Crippen molar-refractivity contribution in [2.75, 3.05) is 6.54 Å². The van der Waals surface area contributed by atoms with Gasteiger partial charge in [-0.05, 0) is 31.7 Å². The molecule has 0 bridgehead atoms. The van der Waals surface area contributed by atoms with Crippen molar-refractivity contribution in [3.8, 4) is 0 Å². The fourth-order valence-electron chi connectivity index (χ4n) is 2.69. The molecule has 3 N–H and O–H groups in total. The summed E-state index contributed by atoms with van der Waals surface area (Å²) in [7, 11) is 0. The quantitative estimate of drug-likeness (QED) is 0.843. The lowest BCUT2D eigenvalue weighted by Gasteiger charge is -2.31. The molecule has 2 aromatic heterocycles. The maximum Gasteiger partial charge on any atom is 0.257 e. The van der Waals surface area contributed by atoms with Crippen molar-refractivity contribution in [1.82, 2.24) is 15.5 Å². The van der Waals surface area contributed by atoms with Crippen LogP contribution in [0.1, 0.15) is 50.2 Å². The Bertz CT molecular complexity index is 671. The molecule has 1 unspecified atom stereocenters. The Balaban J connectivity index is 0.00000264. The Labute approximate surface area is 142 Å². The molecule has 2 rings (SSSR count). The molecule has 128 valence electrons. The maximum absolute atomic E-state index is 12.5. The van der Waals surface area contributed by atoms with Gasteiger partial charge in [0.05, 0.1) is 16.6 Å². The molecule has 23 heavy (non-hydrogen) atoms. The van der Waals surface area contributed by atoms with Crippen LogP contribution in [0, 0.1) is 5.92 Å². The zero-order valence-corrected chi connectivity index (χ0v) is 14.9. The minimum atomic E-state index is -0.428. The Morgan fingerprint density at radius 1 is 1.48 bits per heavy atom. The van der Waals surface area contributed by atoms with Crippen LogP contribution in [0.25, 0.3) is 11.1 Å². The number of carbonyl (C=O) groups excluding carboxylic acids is 1. The van der Waals surface area contributed by atoms with Gasteiger partial charge in [-0.15, -0.1) is 12.4 Å². The van der Waals surface area contributed by atoms with Crippen LogP contribution in [-0.4, -0.2) is 28.1 Å². The first-order valence-electron chi connectivity index (χ1n) is 7.65. The smallest absolute Gasteiger partial charge is 0.257 e. The number of amides is 1. The first-order valence-corrected chi connectivity index (χ1v) is 7.65. The number of fused-ring (bicyclic) bond motifs is 1. The summed E-state index contributed by atoms with van der Waals surface area (Å²) < 4.78 is 5.14. The molecule has 0 aliphatic carbocycles. The number of aromatic nitrogens is 2. The standard InChI is InChI=1S/C16H24N4O2.ClH/c1-5-13-12-6-11(8-18-15(12)22-20-13)14(21)19-16(4,9-17)7-10(2)3;/h6,8,10H,5,7,9,17H2,1-4H3,(H,19,21);1H. The van der Waals surface area contributed by atoms with E-state index in [0.29, 0.717) is 23.7 Å². The van der Waals surface area contributed by atoms with Gasteiger partial charge in [-0.1, -0.05) is 25.9 Å². The van der Waals surface area contributed by atoms with E-state index in [9.17, 15) is 4.79 Å². The molecule has 0 saturated heterocycles. The summed E-state index contributed by atoms with van der Waals surface area (Å²) in [6.07, 6.45) is 3.06. The van der Waals surface area contributed by atoms with Crippen molar-refractivity contribution in [3.05, 3.63) is 23.5 Å². The Kier molecular flexibility index (Phi) is 6.53. The van der Waals surface area contributed by atoms with Crippen molar-refractivity contribution in [1.29, 1.82) is 0 Å². The molecule has 0 aromatic carbocycles. The normalized spacial score (nSPS) is 13.7. The van der Waals surface area contributed by atoms with E-state index in [1.165, 1.54) is 6.20 Å². The van der Waals surface area contributed by atoms with Gasteiger partial charge in [-0.25, -0.2) is 4.98 Å². The second-order valence-electron chi connectivity index (χ2n) is 6.38. The molecule has 0 radical (unpaired) electrons. The molecule has 0 saturated carbocycles. The fraction of sp³-hybridized carbons (Fsp3) is 0.562. The molecule has 2 aromatic rings. The number of nitrogens with zero attached hydrogens (tertiary/aromatic N) is 2. The molecular weight excluding hydrogens is 316 g/mol. The first-order chi connectivity index (χ1) is 10.4. The van der Waals surface area contributed by atoms with Gasteiger partial charge in [-0.2, -0.15) is 0 Å². The number of nitrogens with two attached hydrogens (primary N) is 1. The average Bonchev–Trinajstić information content (AvgIpc) is 2.88. The second-order valence-corrected chi connectivity index (χ2v) is 6.38. The van der Waals surface area contributed by atoms with E-state index in [0.717, 1.165) is 23.9 Å².